The van der Waals surface area contributed by atoms with Gasteiger partial charge < -0.3 is 29.4 Å². The van der Waals surface area contributed by atoms with Gasteiger partial charge in [0.25, 0.3) is 0 Å². The molecule has 0 saturated heterocycles. The predicted molar refractivity (Wildman–Crippen MR) is 137 cm³/mol. The van der Waals surface area contributed by atoms with E-state index in [2.05, 4.69) is 13.0 Å². The standard InChI is InChI=1S/C29H28N2O6/c1-4-5-14-35-24-9-7-6-8-22(24)29(32)36-19-11-13-21-26(16-19)37-28(31)23(17-30)27(21)20-12-10-18(33-2)15-25(20)34-3/h6-13,15-16,27H,4-5,14,31H2,1-3H3. The van der Waals surface area contributed by atoms with Crippen LogP contribution in [0.4, 0.5) is 0 Å². The Morgan fingerprint density at radius 2 is 1.76 bits per heavy atom. The molecule has 0 aromatic heterocycles. The Hall–Kier alpha value is -4.64. The number of fused-ring (bicyclic) bond motifs is 1. The van der Waals surface area contributed by atoms with E-state index in [4.69, 9.17) is 29.4 Å². The molecule has 3 aromatic rings. The van der Waals surface area contributed by atoms with E-state index in [9.17, 15) is 10.1 Å². The van der Waals surface area contributed by atoms with Crippen molar-refractivity contribution in [1.29, 1.82) is 5.26 Å². The molecular weight excluding hydrogens is 472 g/mol. The summed E-state index contributed by atoms with van der Waals surface area (Å²) in [5.41, 5.74) is 8.11. The van der Waals surface area contributed by atoms with Gasteiger partial charge in [-0.3, -0.25) is 0 Å². The van der Waals surface area contributed by atoms with E-state index >= 15 is 0 Å². The minimum atomic E-state index is -0.558. The number of nitriles is 1. The lowest BCUT2D eigenvalue weighted by Gasteiger charge is -2.27. The lowest BCUT2D eigenvalue weighted by atomic mass is 9.83. The molecule has 1 aliphatic heterocycles. The molecule has 0 radical (unpaired) electrons. The van der Waals surface area contributed by atoms with Gasteiger partial charge in [0.15, 0.2) is 0 Å². The van der Waals surface area contributed by atoms with Crippen LogP contribution in [0, 0.1) is 11.3 Å². The smallest absolute Gasteiger partial charge is 0.347 e. The molecule has 0 saturated carbocycles. The van der Waals surface area contributed by atoms with Crippen LogP contribution in [0.25, 0.3) is 0 Å². The molecule has 190 valence electrons. The average Bonchev–Trinajstić information content (AvgIpc) is 2.92. The molecule has 0 fully saturated rings. The third kappa shape index (κ3) is 5.31. The highest BCUT2D eigenvalue weighted by Crippen LogP contribution is 2.46. The highest BCUT2D eigenvalue weighted by Gasteiger charge is 2.33. The van der Waals surface area contributed by atoms with Crippen molar-refractivity contribution in [2.45, 2.75) is 25.7 Å². The van der Waals surface area contributed by atoms with Crippen molar-refractivity contribution < 1.29 is 28.5 Å². The van der Waals surface area contributed by atoms with Crippen LogP contribution in [0.15, 0.2) is 72.1 Å². The molecule has 0 bridgehead atoms. The molecular formula is C29H28N2O6. The zero-order chi connectivity index (χ0) is 26.4. The van der Waals surface area contributed by atoms with Crippen LogP contribution in [0.3, 0.4) is 0 Å². The third-order valence-electron chi connectivity index (χ3n) is 6.02. The van der Waals surface area contributed by atoms with Gasteiger partial charge >= 0.3 is 5.97 Å². The van der Waals surface area contributed by atoms with E-state index in [0.29, 0.717) is 40.7 Å². The fourth-order valence-electron chi connectivity index (χ4n) is 4.13. The molecule has 3 aromatic carbocycles. The van der Waals surface area contributed by atoms with Crippen LogP contribution < -0.4 is 29.4 Å². The van der Waals surface area contributed by atoms with Crippen LogP contribution >= 0.6 is 0 Å². The highest BCUT2D eigenvalue weighted by molar-refractivity contribution is 5.94. The summed E-state index contributed by atoms with van der Waals surface area (Å²) >= 11 is 0. The van der Waals surface area contributed by atoms with Crippen LogP contribution in [0.5, 0.6) is 28.7 Å². The van der Waals surface area contributed by atoms with Crippen molar-refractivity contribution in [2.24, 2.45) is 5.73 Å². The number of para-hydroxylation sites is 1. The van der Waals surface area contributed by atoms with Gasteiger partial charge in [0, 0.05) is 23.3 Å². The van der Waals surface area contributed by atoms with Crippen molar-refractivity contribution >= 4 is 5.97 Å². The minimum Gasteiger partial charge on any atom is -0.497 e. The number of rotatable bonds is 9. The number of benzene rings is 3. The summed E-state index contributed by atoms with van der Waals surface area (Å²) < 4.78 is 28.1. The number of allylic oxidation sites excluding steroid dienone is 1. The monoisotopic (exact) mass is 500 g/mol. The number of hydrogen-bond donors (Lipinski definition) is 1. The molecule has 8 heteroatoms. The molecule has 1 atom stereocenters. The molecule has 0 spiro atoms. The first-order valence-corrected chi connectivity index (χ1v) is 11.9. The van der Waals surface area contributed by atoms with Gasteiger partial charge in [-0.05, 0) is 30.7 Å². The van der Waals surface area contributed by atoms with Crippen molar-refractivity contribution in [3.05, 3.63) is 88.8 Å². The van der Waals surface area contributed by atoms with E-state index < -0.39 is 11.9 Å². The topological polar surface area (TPSA) is 113 Å². The molecule has 4 rings (SSSR count). The Kier molecular flexibility index (Phi) is 7.84. The zero-order valence-electron chi connectivity index (χ0n) is 20.9. The number of methoxy groups -OCH3 is 2. The second kappa shape index (κ2) is 11.4. The summed E-state index contributed by atoms with van der Waals surface area (Å²) in [6, 6.07) is 19.5. The summed E-state index contributed by atoms with van der Waals surface area (Å²) in [7, 11) is 3.11. The molecule has 1 heterocycles. The van der Waals surface area contributed by atoms with Gasteiger partial charge in [-0.2, -0.15) is 5.26 Å². The second-order valence-corrected chi connectivity index (χ2v) is 8.32. The van der Waals surface area contributed by atoms with Gasteiger partial charge in [0.05, 0.1) is 26.7 Å². The Balaban J connectivity index is 1.66. The van der Waals surface area contributed by atoms with Crippen LogP contribution in [0.2, 0.25) is 0 Å². The van der Waals surface area contributed by atoms with E-state index in [1.807, 2.05) is 6.07 Å². The molecule has 8 nitrogen and oxygen atoms in total. The summed E-state index contributed by atoms with van der Waals surface area (Å²) in [6.45, 7) is 2.58. The number of nitrogens with zero attached hydrogens (tertiary/aromatic N) is 1. The first-order valence-electron chi connectivity index (χ1n) is 11.9. The maximum atomic E-state index is 13.0. The lowest BCUT2D eigenvalue weighted by Crippen LogP contribution is -2.21. The number of carbonyl (C=O) groups is 1. The Bertz CT molecular complexity index is 1380. The molecule has 37 heavy (non-hydrogen) atoms. The third-order valence-corrected chi connectivity index (χ3v) is 6.02. The Morgan fingerprint density at radius 1 is 1.00 bits per heavy atom. The normalized spacial score (nSPS) is 14.2. The SMILES string of the molecule is CCCCOc1ccccc1C(=O)Oc1ccc2c(c1)OC(N)=C(C#N)C2c1ccc(OC)cc1OC. The van der Waals surface area contributed by atoms with E-state index in [-0.39, 0.29) is 17.2 Å². The molecule has 0 aliphatic carbocycles. The average molecular weight is 501 g/mol. The Labute approximate surface area is 215 Å². The molecule has 1 aliphatic rings. The number of esters is 1. The maximum absolute atomic E-state index is 13.0. The number of carbonyl (C=O) groups excluding carboxylic acids is 1. The van der Waals surface area contributed by atoms with E-state index in [1.54, 1.807) is 68.8 Å². The number of unbranched alkanes of at least 4 members (excludes halogenated alkanes) is 1. The van der Waals surface area contributed by atoms with Crippen LogP contribution in [0.1, 0.15) is 47.2 Å². The summed E-state index contributed by atoms with van der Waals surface area (Å²) in [4.78, 5) is 13.0. The summed E-state index contributed by atoms with van der Waals surface area (Å²) in [5, 5.41) is 9.87. The van der Waals surface area contributed by atoms with Crippen molar-refractivity contribution in [3.8, 4) is 34.8 Å². The van der Waals surface area contributed by atoms with E-state index in [0.717, 1.165) is 18.4 Å². The predicted octanol–water partition coefficient (Wildman–Crippen LogP) is 5.32. The summed E-state index contributed by atoms with van der Waals surface area (Å²) in [6.07, 6.45) is 1.86. The van der Waals surface area contributed by atoms with Gasteiger partial charge in [0.2, 0.25) is 5.88 Å². The number of ether oxygens (including phenoxy) is 5. The Morgan fingerprint density at radius 3 is 2.49 bits per heavy atom. The lowest BCUT2D eigenvalue weighted by molar-refractivity contribution is 0.0730. The van der Waals surface area contributed by atoms with Crippen LogP contribution in [-0.2, 0) is 0 Å². The van der Waals surface area contributed by atoms with E-state index in [1.165, 1.54) is 0 Å². The second-order valence-electron chi connectivity index (χ2n) is 8.32. The largest absolute Gasteiger partial charge is 0.497 e. The molecule has 0 amide bonds. The fourth-order valence-corrected chi connectivity index (χ4v) is 4.13. The number of hydrogen-bond acceptors (Lipinski definition) is 8. The van der Waals surface area contributed by atoms with Gasteiger partial charge in [-0.25, -0.2) is 4.79 Å². The van der Waals surface area contributed by atoms with Gasteiger partial charge in [-0.1, -0.05) is 37.6 Å². The van der Waals surface area contributed by atoms with Crippen molar-refractivity contribution in [3.63, 3.8) is 0 Å². The quantitative estimate of drug-likeness (QED) is 0.239. The first-order chi connectivity index (χ1) is 18.0. The zero-order valence-corrected chi connectivity index (χ0v) is 20.9. The summed E-state index contributed by atoms with van der Waals surface area (Å²) in [5.74, 6) is 1.11. The first kappa shape index (κ1) is 25.5. The van der Waals surface area contributed by atoms with Crippen molar-refractivity contribution in [1.82, 2.24) is 0 Å². The maximum Gasteiger partial charge on any atom is 0.347 e. The minimum absolute atomic E-state index is 0.0315. The van der Waals surface area contributed by atoms with Crippen molar-refractivity contribution in [2.75, 3.05) is 20.8 Å². The fraction of sp³-hybridized carbons (Fsp3) is 0.241. The molecule has 2 N–H and O–H groups in total. The van der Waals surface area contributed by atoms with Gasteiger partial charge in [0.1, 0.15) is 46.0 Å². The number of nitrogens with two attached hydrogens (primary N) is 1. The highest BCUT2D eigenvalue weighted by atomic mass is 16.5. The van der Waals surface area contributed by atoms with Gasteiger partial charge in [-0.15, -0.1) is 0 Å². The van der Waals surface area contributed by atoms with Crippen LogP contribution in [-0.4, -0.2) is 26.8 Å². The molecule has 1 unspecified atom stereocenters.